The van der Waals surface area contributed by atoms with E-state index in [4.69, 9.17) is 0 Å². The van der Waals surface area contributed by atoms with Gasteiger partial charge in [-0.2, -0.15) is 0 Å². The first kappa shape index (κ1) is 26.1. The highest BCUT2D eigenvalue weighted by Crippen LogP contribution is 2.58. The van der Waals surface area contributed by atoms with Crippen molar-refractivity contribution in [3.8, 4) is 0 Å². The molecule has 42 heavy (non-hydrogen) atoms. The van der Waals surface area contributed by atoms with Gasteiger partial charge in [-0.1, -0.05) is 110 Å². The SMILES string of the molecule is CCCc1ccc(C(=O)[C@@H]2[C@H](C(=O)c3ccccc3)N3c4ccc(C)cc4C=C[C@H]3[C@@]23C(=O)Nc2ccccc23)cc1. The molecule has 1 fully saturated rings. The Morgan fingerprint density at radius 3 is 2.33 bits per heavy atom. The molecule has 0 aromatic heterocycles. The van der Waals surface area contributed by atoms with Gasteiger partial charge in [-0.25, -0.2) is 0 Å². The molecule has 1 amide bonds. The molecule has 4 aromatic carbocycles. The summed E-state index contributed by atoms with van der Waals surface area (Å²) in [6.45, 7) is 4.16. The second-order valence-electron chi connectivity index (χ2n) is 11.6. The standard InChI is InChI=1S/C37H32N2O3/c1-3-9-24-15-17-26(18-16-24)34(40)32-33(35(41)25-10-5-4-6-11-25)39-30-20-14-23(2)22-27(30)19-21-31(39)37(32)28-12-7-8-13-29(28)38-36(37)42/h4-8,10-22,31-33H,3,9H2,1-2H3,(H,38,42)/t31-,32-,33+,37+/m0/s1. The first-order valence-corrected chi connectivity index (χ1v) is 14.7. The molecule has 7 rings (SSSR count). The Morgan fingerprint density at radius 2 is 1.57 bits per heavy atom. The summed E-state index contributed by atoms with van der Waals surface area (Å²) in [5, 5.41) is 3.09. The van der Waals surface area contributed by atoms with Crippen LogP contribution in [0.1, 0.15) is 56.3 Å². The van der Waals surface area contributed by atoms with Gasteiger partial charge in [-0.05, 0) is 48.2 Å². The zero-order chi connectivity index (χ0) is 29.0. The fourth-order valence-corrected chi connectivity index (χ4v) is 7.38. The number of carbonyl (C=O) groups excluding carboxylic acids is 3. The molecular weight excluding hydrogens is 520 g/mol. The summed E-state index contributed by atoms with van der Waals surface area (Å²) in [6, 6.07) is 29.1. The second kappa shape index (κ2) is 9.95. The van der Waals surface area contributed by atoms with Crippen LogP contribution in [0.3, 0.4) is 0 Å². The minimum atomic E-state index is -1.30. The van der Waals surface area contributed by atoms with E-state index in [1.54, 1.807) is 12.1 Å². The molecule has 3 heterocycles. The first-order valence-electron chi connectivity index (χ1n) is 14.7. The molecule has 5 nitrogen and oxygen atoms in total. The minimum Gasteiger partial charge on any atom is -0.352 e. The van der Waals surface area contributed by atoms with Gasteiger partial charge in [0.25, 0.3) is 0 Å². The summed E-state index contributed by atoms with van der Waals surface area (Å²) in [7, 11) is 0. The van der Waals surface area contributed by atoms with Crippen LogP contribution in [0.4, 0.5) is 11.4 Å². The number of carbonyl (C=O) groups is 3. The van der Waals surface area contributed by atoms with E-state index in [1.165, 1.54) is 0 Å². The average Bonchev–Trinajstić information content (AvgIpc) is 3.49. The molecule has 0 unspecified atom stereocenters. The number of amides is 1. The molecule has 0 radical (unpaired) electrons. The normalized spacial score (nSPS) is 23.3. The van der Waals surface area contributed by atoms with E-state index in [-0.39, 0.29) is 17.5 Å². The summed E-state index contributed by atoms with van der Waals surface area (Å²) in [4.78, 5) is 46.1. The van der Waals surface area contributed by atoms with Gasteiger partial charge >= 0.3 is 0 Å². The Balaban J connectivity index is 1.50. The molecular formula is C37H32N2O3. The number of para-hydroxylation sites is 1. The number of hydrogen-bond donors (Lipinski definition) is 1. The van der Waals surface area contributed by atoms with Crippen LogP contribution >= 0.6 is 0 Å². The van der Waals surface area contributed by atoms with Gasteiger partial charge in [0.15, 0.2) is 11.6 Å². The van der Waals surface area contributed by atoms with Crippen LogP contribution in [-0.4, -0.2) is 29.6 Å². The maximum atomic E-state index is 14.9. The fourth-order valence-electron chi connectivity index (χ4n) is 7.38. The summed E-state index contributed by atoms with van der Waals surface area (Å²) in [5.74, 6) is -1.58. The quantitative estimate of drug-likeness (QED) is 0.267. The monoisotopic (exact) mass is 552 g/mol. The topological polar surface area (TPSA) is 66.5 Å². The van der Waals surface area contributed by atoms with Crippen molar-refractivity contribution >= 4 is 34.9 Å². The number of ketones is 2. The lowest BCUT2D eigenvalue weighted by atomic mass is 9.64. The summed E-state index contributed by atoms with van der Waals surface area (Å²) >= 11 is 0. The Bertz CT molecular complexity index is 1760. The average molecular weight is 553 g/mol. The third-order valence-corrected chi connectivity index (χ3v) is 9.17. The number of hydrogen-bond acceptors (Lipinski definition) is 4. The van der Waals surface area contributed by atoms with Gasteiger partial charge < -0.3 is 10.2 Å². The van der Waals surface area contributed by atoms with Crippen LogP contribution < -0.4 is 10.2 Å². The highest BCUT2D eigenvalue weighted by molar-refractivity contribution is 6.18. The van der Waals surface area contributed by atoms with Gasteiger partial charge in [0.1, 0.15) is 11.5 Å². The maximum Gasteiger partial charge on any atom is 0.238 e. The molecule has 0 bridgehead atoms. The summed E-state index contributed by atoms with van der Waals surface area (Å²) in [6.07, 6.45) is 5.98. The van der Waals surface area contributed by atoms with Crippen LogP contribution in [0.25, 0.3) is 6.08 Å². The molecule has 0 aliphatic carbocycles. The number of Topliss-reactive ketones (excluding diaryl/α,β-unsaturated/α-hetero) is 2. The third-order valence-electron chi connectivity index (χ3n) is 9.17. The van der Waals surface area contributed by atoms with E-state index >= 15 is 0 Å². The first-order chi connectivity index (χ1) is 20.4. The van der Waals surface area contributed by atoms with Crippen LogP contribution in [0.15, 0.2) is 103 Å². The van der Waals surface area contributed by atoms with Crippen molar-refractivity contribution in [2.75, 3.05) is 10.2 Å². The van der Waals surface area contributed by atoms with E-state index in [0.717, 1.165) is 40.8 Å². The fraction of sp³-hybridized carbons (Fsp3) is 0.216. The third kappa shape index (κ3) is 3.73. The van der Waals surface area contributed by atoms with E-state index < -0.39 is 23.4 Å². The van der Waals surface area contributed by atoms with Gasteiger partial charge in [-0.3, -0.25) is 14.4 Å². The minimum absolute atomic E-state index is 0.169. The maximum absolute atomic E-state index is 14.9. The molecule has 3 aliphatic heterocycles. The molecule has 3 aliphatic rings. The van der Waals surface area contributed by atoms with Gasteiger partial charge in [0, 0.05) is 22.5 Å². The molecule has 5 heteroatoms. The van der Waals surface area contributed by atoms with Crippen molar-refractivity contribution in [2.45, 2.75) is 44.2 Å². The number of nitrogens with zero attached hydrogens (tertiary/aromatic N) is 1. The molecule has 4 atom stereocenters. The van der Waals surface area contributed by atoms with Crippen LogP contribution in [-0.2, 0) is 16.6 Å². The summed E-state index contributed by atoms with van der Waals surface area (Å²) in [5.41, 5.74) is 5.25. The van der Waals surface area contributed by atoms with E-state index in [2.05, 4.69) is 23.2 Å². The van der Waals surface area contributed by atoms with Crippen molar-refractivity contribution in [1.82, 2.24) is 0 Å². The van der Waals surface area contributed by atoms with E-state index in [9.17, 15) is 14.4 Å². The van der Waals surface area contributed by atoms with Crippen molar-refractivity contribution in [1.29, 1.82) is 0 Å². The Labute approximate surface area is 245 Å². The van der Waals surface area contributed by atoms with Crippen LogP contribution in [0, 0.1) is 12.8 Å². The second-order valence-corrected chi connectivity index (χ2v) is 11.6. The van der Waals surface area contributed by atoms with E-state index in [0.29, 0.717) is 16.8 Å². The Morgan fingerprint density at radius 1 is 0.857 bits per heavy atom. The number of fused-ring (bicyclic) bond motifs is 6. The van der Waals surface area contributed by atoms with Crippen LogP contribution in [0.2, 0.25) is 0 Å². The molecule has 1 N–H and O–H groups in total. The highest BCUT2D eigenvalue weighted by atomic mass is 16.2. The van der Waals surface area contributed by atoms with Gasteiger partial charge in [-0.15, -0.1) is 0 Å². The number of rotatable bonds is 6. The van der Waals surface area contributed by atoms with Crippen molar-refractivity contribution in [2.24, 2.45) is 5.92 Å². The molecule has 208 valence electrons. The predicted molar refractivity (Wildman–Crippen MR) is 166 cm³/mol. The highest BCUT2D eigenvalue weighted by Gasteiger charge is 2.70. The molecule has 4 aromatic rings. The number of nitrogens with one attached hydrogen (secondary N) is 1. The predicted octanol–water partition coefficient (Wildman–Crippen LogP) is 6.80. The van der Waals surface area contributed by atoms with Crippen molar-refractivity contribution in [3.63, 3.8) is 0 Å². The smallest absolute Gasteiger partial charge is 0.238 e. The molecule has 1 spiro atoms. The molecule has 0 saturated carbocycles. The largest absolute Gasteiger partial charge is 0.352 e. The number of anilines is 2. The van der Waals surface area contributed by atoms with Crippen molar-refractivity contribution in [3.05, 3.63) is 137 Å². The van der Waals surface area contributed by atoms with Gasteiger partial charge in [0.05, 0.1) is 12.0 Å². The van der Waals surface area contributed by atoms with Gasteiger partial charge in [0.2, 0.25) is 5.91 Å². The van der Waals surface area contributed by atoms with Crippen molar-refractivity contribution < 1.29 is 14.4 Å². The Hall–Kier alpha value is -4.77. The number of aryl methyl sites for hydroxylation is 2. The number of benzene rings is 4. The summed E-state index contributed by atoms with van der Waals surface area (Å²) < 4.78 is 0. The zero-order valence-electron chi connectivity index (χ0n) is 23.7. The lowest BCUT2D eigenvalue weighted by Gasteiger charge is -2.37. The lowest BCUT2D eigenvalue weighted by molar-refractivity contribution is -0.121. The zero-order valence-corrected chi connectivity index (χ0v) is 23.7. The lowest BCUT2D eigenvalue weighted by Crippen LogP contribution is -2.51. The van der Waals surface area contributed by atoms with E-state index in [1.807, 2.05) is 97.9 Å². The Kier molecular flexibility index (Phi) is 6.19. The molecule has 1 saturated heterocycles. The van der Waals surface area contributed by atoms with Crippen LogP contribution in [0.5, 0.6) is 0 Å².